The first-order chi connectivity index (χ1) is 9.98. The maximum atomic E-state index is 13.9. The number of carbonyl (C=O) groups is 2. The Morgan fingerprint density at radius 2 is 1.48 bits per heavy atom. The Morgan fingerprint density at radius 1 is 1.04 bits per heavy atom. The Kier molecular flexibility index (Phi) is 4.72. The highest BCUT2D eigenvalue weighted by Crippen LogP contribution is 2.41. The van der Waals surface area contributed by atoms with Gasteiger partial charge in [-0.2, -0.15) is 8.78 Å². The molecule has 1 heterocycles. The SMILES string of the molecule is CC(C)(C)OC(=O)C1N(C(=O)OC(C)(C)C)CC(F)(F)C1(O)O. The number of amides is 1. The van der Waals surface area contributed by atoms with Gasteiger partial charge in [-0.05, 0) is 41.5 Å². The standard InChI is InChI=1S/C14H23F2NO6/c1-11(2,3)22-9(18)8-14(20,21)13(15,16)7-17(8)10(19)23-12(4,5)6/h8,20-21H,7H2,1-6H3. The van der Waals surface area contributed by atoms with E-state index in [0.717, 1.165) is 0 Å². The van der Waals surface area contributed by atoms with E-state index in [1.165, 1.54) is 41.5 Å². The maximum absolute atomic E-state index is 13.9. The molecule has 0 aromatic carbocycles. The van der Waals surface area contributed by atoms with Crippen LogP contribution < -0.4 is 0 Å². The van der Waals surface area contributed by atoms with Gasteiger partial charge in [-0.25, -0.2) is 9.59 Å². The zero-order valence-electron chi connectivity index (χ0n) is 14.0. The number of hydrogen-bond donors (Lipinski definition) is 2. The minimum Gasteiger partial charge on any atom is -0.458 e. The summed E-state index contributed by atoms with van der Waals surface area (Å²) in [6.45, 7) is 7.58. The summed E-state index contributed by atoms with van der Waals surface area (Å²) in [6.07, 6.45) is -1.27. The second-order valence-electron chi connectivity index (χ2n) is 7.47. The summed E-state index contributed by atoms with van der Waals surface area (Å²) >= 11 is 0. The number of carbonyl (C=O) groups excluding carboxylic acids is 2. The van der Waals surface area contributed by atoms with Crippen LogP contribution in [0.25, 0.3) is 0 Å². The molecule has 1 atom stereocenters. The molecule has 0 aromatic heterocycles. The highest BCUT2D eigenvalue weighted by Gasteiger charge is 2.70. The molecule has 0 aliphatic carbocycles. The van der Waals surface area contributed by atoms with Gasteiger partial charge in [-0.3, -0.25) is 4.90 Å². The van der Waals surface area contributed by atoms with E-state index in [0.29, 0.717) is 0 Å². The van der Waals surface area contributed by atoms with Crippen molar-refractivity contribution in [2.45, 2.75) is 70.5 Å². The van der Waals surface area contributed by atoms with E-state index in [1.54, 1.807) is 0 Å². The smallest absolute Gasteiger partial charge is 0.411 e. The van der Waals surface area contributed by atoms with Crippen molar-refractivity contribution in [1.82, 2.24) is 4.90 Å². The Hall–Kier alpha value is -1.48. The van der Waals surface area contributed by atoms with Crippen molar-refractivity contribution in [2.24, 2.45) is 0 Å². The van der Waals surface area contributed by atoms with Crippen molar-refractivity contribution in [3.8, 4) is 0 Å². The molecule has 1 aliphatic heterocycles. The molecule has 1 saturated heterocycles. The molecule has 0 radical (unpaired) electrons. The first-order valence-corrected chi connectivity index (χ1v) is 7.03. The summed E-state index contributed by atoms with van der Waals surface area (Å²) in [4.78, 5) is 24.5. The third-order valence-corrected chi connectivity index (χ3v) is 2.86. The fraction of sp³-hybridized carbons (Fsp3) is 0.857. The van der Waals surface area contributed by atoms with Crippen LogP contribution in [-0.2, 0) is 14.3 Å². The van der Waals surface area contributed by atoms with Crippen LogP contribution in [-0.4, -0.2) is 62.7 Å². The van der Waals surface area contributed by atoms with Gasteiger partial charge in [0.1, 0.15) is 11.2 Å². The maximum Gasteiger partial charge on any atom is 0.411 e. The minimum atomic E-state index is -4.12. The zero-order chi connectivity index (χ0) is 18.4. The molecule has 9 heteroatoms. The molecule has 0 spiro atoms. The molecule has 0 bridgehead atoms. The van der Waals surface area contributed by atoms with Gasteiger partial charge in [0.25, 0.3) is 5.79 Å². The summed E-state index contributed by atoms with van der Waals surface area (Å²) < 4.78 is 37.6. The Balaban J connectivity index is 3.17. The van der Waals surface area contributed by atoms with E-state index in [4.69, 9.17) is 9.47 Å². The normalized spacial score (nSPS) is 23.6. The second kappa shape index (κ2) is 5.55. The lowest BCUT2D eigenvalue weighted by molar-refractivity contribution is -0.281. The van der Waals surface area contributed by atoms with Gasteiger partial charge in [0, 0.05) is 0 Å². The van der Waals surface area contributed by atoms with Gasteiger partial charge in [0.2, 0.25) is 0 Å². The number of aliphatic hydroxyl groups is 2. The van der Waals surface area contributed by atoms with E-state index >= 15 is 0 Å². The number of nitrogens with zero attached hydrogens (tertiary/aromatic N) is 1. The quantitative estimate of drug-likeness (QED) is 0.552. The lowest BCUT2D eigenvalue weighted by Crippen LogP contribution is -2.58. The van der Waals surface area contributed by atoms with Crippen LogP contribution >= 0.6 is 0 Å². The van der Waals surface area contributed by atoms with Crippen molar-refractivity contribution in [3.63, 3.8) is 0 Å². The number of likely N-dealkylation sites (tertiary alicyclic amines) is 1. The molecule has 1 fully saturated rings. The van der Waals surface area contributed by atoms with Crippen LogP contribution in [0.3, 0.4) is 0 Å². The molecule has 134 valence electrons. The minimum absolute atomic E-state index is 0.277. The number of rotatable bonds is 1. The summed E-state index contributed by atoms with van der Waals surface area (Å²) in [5.74, 6) is -9.23. The second-order valence-corrected chi connectivity index (χ2v) is 7.47. The lowest BCUT2D eigenvalue weighted by atomic mass is 10.1. The van der Waals surface area contributed by atoms with Crippen LogP contribution in [0.2, 0.25) is 0 Å². The van der Waals surface area contributed by atoms with Crippen molar-refractivity contribution in [3.05, 3.63) is 0 Å². The molecule has 2 N–H and O–H groups in total. The fourth-order valence-electron chi connectivity index (χ4n) is 1.98. The molecule has 0 saturated carbocycles. The summed E-state index contributed by atoms with van der Waals surface area (Å²) in [6, 6.07) is -2.30. The van der Waals surface area contributed by atoms with Gasteiger partial charge < -0.3 is 19.7 Å². The predicted molar refractivity (Wildman–Crippen MR) is 74.7 cm³/mol. The third-order valence-electron chi connectivity index (χ3n) is 2.86. The lowest BCUT2D eigenvalue weighted by Gasteiger charge is -2.32. The predicted octanol–water partition coefficient (Wildman–Crippen LogP) is 1.26. The molecular formula is C14H23F2NO6. The number of alkyl halides is 2. The number of ether oxygens (including phenoxy) is 2. The number of hydrogen-bond acceptors (Lipinski definition) is 6. The van der Waals surface area contributed by atoms with Crippen LogP contribution in [0, 0.1) is 0 Å². The summed E-state index contributed by atoms with van der Waals surface area (Å²) in [7, 11) is 0. The van der Waals surface area contributed by atoms with Crippen LogP contribution in [0.15, 0.2) is 0 Å². The van der Waals surface area contributed by atoms with E-state index in [2.05, 4.69) is 0 Å². The molecule has 1 aliphatic rings. The molecular weight excluding hydrogens is 316 g/mol. The van der Waals surface area contributed by atoms with Gasteiger partial charge in [-0.15, -0.1) is 0 Å². The van der Waals surface area contributed by atoms with Crippen LogP contribution in [0.4, 0.5) is 13.6 Å². The summed E-state index contributed by atoms with van der Waals surface area (Å²) in [5.41, 5.74) is -2.08. The molecule has 0 aromatic rings. The van der Waals surface area contributed by atoms with E-state index < -0.39 is 47.6 Å². The van der Waals surface area contributed by atoms with Crippen LogP contribution in [0.1, 0.15) is 41.5 Å². The molecule has 1 unspecified atom stereocenters. The highest BCUT2D eigenvalue weighted by molar-refractivity contribution is 5.84. The zero-order valence-corrected chi connectivity index (χ0v) is 14.0. The molecule has 1 amide bonds. The van der Waals surface area contributed by atoms with E-state index in [1.807, 2.05) is 0 Å². The summed E-state index contributed by atoms with van der Waals surface area (Å²) in [5, 5.41) is 19.4. The molecule has 23 heavy (non-hydrogen) atoms. The topological polar surface area (TPSA) is 96.3 Å². The van der Waals surface area contributed by atoms with E-state index in [-0.39, 0.29) is 4.90 Å². The first-order valence-electron chi connectivity index (χ1n) is 7.03. The van der Waals surface area contributed by atoms with Crippen molar-refractivity contribution < 1.29 is 38.1 Å². The monoisotopic (exact) mass is 339 g/mol. The van der Waals surface area contributed by atoms with Gasteiger partial charge in [-0.1, -0.05) is 0 Å². The van der Waals surface area contributed by atoms with Gasteiger partial charge >= 0.3 is 18.0 Å². The molecule has 7 nitrogen and oxygen atoms in total. The van der Waals surface area contributed by atoms with Crippen molar-refractivity contribution >= 4 is 12.1 Å². The van der Waals surface area contributed by atoms with Crippen LogP contribution in [0.5, 0.6) is 0 Å². The number of esters is 1. The van der Waals surface area contributed by atoms with Gasteiger partial charge in [0.05, 0.1) is 6.54 Å². The van der Waals surface area contributed by atoms with E-state index in [9.17, 15) is 28.6 Å². The first kappa shape index (κ1) is 19.6. The third kappa shape index (κ3) is 4.29. The largest absolute Gasteiger partial charge is 0.458 e. The van der Waals surface area contributed by atoms with Gasteiger partial charge in [0.15, 0.2) is 6.04 Å². The Morgan fingerprint density at radius 3 is 1.87 bits per heavy atom. The fourth-order valence-corrected chi connectivity index (χ4v) is 1.98. The Labute approximate surface area is 133 Å². The average Bonchev–Trinajstić information content (AvgIpc) is 2.40. The number of halogens is 2. The van der Waals surface area contributed by atoms with Crippen molar-refractivity contribution in [2.75, 3.05) is 6.54 Å². The molecule has 1 rings (SSSR count). The van der Waals surface area contributed by atoms with Crippen molar-refractivity contribution in [1.29, 1.82) is 0 Å². The Bertz CT molecular complexity index is 492. The highest BCUT2D eigenvalue weighted by atomic mass is 19.3. The average molecular weight is 339 g/mol.